The standard InChI is InChI=1S/C23H23NO6/c1-2-4-15-9-16-20(11-19(15)30-13-22(24)25)29-12-17(23(16)26)14-5-6-18-21(10-14)28-8-3-7-27-18/h5-6,9-12H,2-4,7-8,13H2,1H3,(H2,24,25). The Hall–Kier alpha value is -3.48. The molecule has 1 aliphatic heterocycles. The number of hydrogen-bond donors (Lipinski definition) is 1. The van der Waals surface area contributed by atoms with Crippen LogP contribution in [0.4, 0.5) is 0 Å². The van der Waals surface area contributed by atoms with Gasteiger partial charge in [-0.3, -0.25) is 9.59 Å². The Balaban J connectivity index is 1.78. The molecule has 0 atom stereocenters. The van der Waals surface area contributed by atoms with Gasteiger partial charge in [0, 0.05) is 12.5 Å². The van der Waals surface area contributed by atoms with Crippen LogP contribution in [0.25, 0.3) is 22.1 Å². The van der Waals surface area contributed by atoms with Crippen LogP contribution in [-0.4, -0.2) is 25.7 Å². The average molecular weight is 409 g/mol. The summed E-state index contributed by atoms with van der Waals surface area (Å²) >= 11 is 0. The minimum atomic E-state index is -0.566. The first-order valence-electron chi connectivity index (χ1n) is 9.96. The van der Waals surface area contributed by atoms with Crippen molar-refractivity contribution in [2.75, 3.05) is 19.8 Å². The Bertz CT molecular complexity index is 1150. The maximum absolute atomic E-state index is 13.3. The van der Waals surface area contributed by atoms with E-state index in [-0.39, 0.29) is 12.0 Å². The molecule has 0 unspecified atom stereocenters. The maximum atomic E-state index is 13.3. The molecule has 2 N–H and O–H groups in total. The van der Waals surface area contributed by atoms with Gasteiger partial charge in [0.05, 0.1) is 24.2 Å². The molecule has 30 heavy (non-hydrogen) atoms. The van der Waals surface area contributed by atoms with Gasteiger partial charge in [-0.25, -0.2) is 0 Å². The number of benzene rings is 2. The molecule has 4 rings (SSSR count). The molecule has 1 amide bonds. The van der Waals surface area contributed by atoms with Gasteiger partial charge < -0.3 is 24.4 Å². The number of fused-ring (bicyclic) bond motifs is 2. The van der Waals surface area contributed by atoms with Crippen molar-refractivity contribution in [3.8, 4) is 28.4 Å². The molecule has 3 aromatic rings. The van der Waals surface area contributed by atoms with Crippen LogP contribution in [-0.2, 0) is 11.2 Å². The number of aryl methyl sites for hydroxylation is 1. The summed E-state index contributed by atoms with van der Waals surface area (Å²) in [5, 5.41) is 0.453. The van der Waals surface area contributed by atoms with Gasteiger partial charge in [0.25, 0.3) is 5.91 Å². The highest BCUT2D eigenvalue weighted by Gasteiger charge is 2.17. The van der Waals surface area contributed by atoms with Crippen molar-refractivity contribution in [1.29, 1.82) is 0 Å². The molecule has 0 radical (unpaired) electrons. The fourth-order valence-corrected chi connectivity index (χ4v) is 3.48. The largest absolute Gasteiger partial charge is 0.490 e. The molecule has 156 valence electrons. The maximum Gasteiger partial charge on any atom is 0.255 e. The molecule has 0 saturated heterocycles. The third-order valence-electron chi connectivity index (χ3n) is 4.90. The summed E-state index contributed by atoms with van der Waals surface area (Å²) in [5.74, 6) is 1.22. The second-order valence-corrected chi connectivity index (χ2v) is 7.15. The Morgan fingerprint density at radius 3 is 2.70 bits per heavy atom. The fraction of sp³-hybridized carbons (Fsp3) is 0.304. The van der Waals surface area contributed by atoms with Gasteiger partial charge in [0.2, 0.25) is 5.43 Å². The first kappa shape index (κ1) is 19.8. The molecule has 7 nitrogen and oxygen atoms in total. The zero-order valence-corrected chi connectivity index (χ0v) is 16.7. The molecule has 0 aliphatic carbocycles. The molecule has 0 saturated carbocycles. The van der Waals surface area contributed by atoms with Crippen LogP contribution in [0.2, 0.25) is 0 Å². The molecular formula is C23H23NO6. The molecule has 2 aromatic carbocycles. The molecule has 1 aliphatic rings. The molecule has 2 heterocycles. The molecule has 1 aromatic heterocycles. The normalized spacial score (nSPS) is 13.1. The summed E-state index contributed by atoms with van der Waals surface area (Å²) in [7, 11) is 0. The lowest BCUT2D eigenvalue weighted by atomic mass is 10.0. The fourth-order valence-electron chi connectivity index (χ4n) is 3.48. The van der Waals surface area contributed by atoms with E-state index in [2.05, 4.69) is 0 Å². The van der Waals surface area contributed by atoms with Gasteiger partial charge in [-0.2, -0.15) is 0 Å². The van der Waals surface area contributed by atoms with Crippen molar-refractivity contribution in [2.45, 2.75) is 26.2 Å². The van der Waals surface area contributed by atoms with E-state index in [0.717, 1.165) is 18.4 Å². The first-order valence-corrected chi connectivity index (χ1v) is 9.96. The van der Waals surface area contributed by atoms with E-state index < -0.39 is 5.91 Å². The van der Waals surface area contributed by atoms with Gasteiger partial charge in [-0.05, 0) is 35.7 Å². The van der Waals surface area contributed by atoms with Crippen molar-refractivity contribution in [1.82, 2.24) is 0 Å². The Labute approximate surface area is 173 Å². The Kier molecular flexibility index (Phi) is 5.61. The lowest BCUT2D eigenvalue weighted by Crippen LogP contribution is -2.20. The molecule has 0 fully saturated rings. The second-order valence-electron chi connectivity index (χ2n) is 7.15. The zero-order chi connectivity index (χ0) is 21.1. The Morgan fingerprint density at radius 1 is 1.13 bits per heavy atom. The number of nitrogens with two attached hydrogens (primary N) is 1. The highest BCUT2D eigenvalue weighted by molar-refractivity contribution is 5.84. The summed E-state index contributed by atoms with van der Waals surface area (Å²) in [6.45, 7) is 2.96. The Morgan fingerprint density at radius 2 is 1.93 bits per heavy atom. The van der Waals surface area contributed by atoms with Gasteiger partial charge in [-0.15, -0.1) is 0 Å². The lowest BCUT2D eigenvalue weighted by Gasteiger charge is -2.12. The van der Waals surface area contributed by atoms with E-state index in [0.29, 0.717) is 59.0 Å². The monoisotopic (exact) mass is 409 g/mol. The van der Waals surface area contributed by atoms with Gasteiger partial charge in [-0.1, -0.05) is 19.4 Å². The summed E-state index contributed by atoms with van der Waals surface area (Å²) in [6, 6.07) is 8.85. The van der Waals surface area contributed by atoms with Crippen LogP contribution < -0.4 is 25.4 Å². The predicted molar refractivity (Wildman–Crippen MR) is 112 cm³/mol. The van der Waals surface area contributed by atoms with Crippen molar-refractivity contribution < 1.29 is 23.4 Å². The average Bonchev–Trinajstić information content (AvgIpc) is 2.98. The summed E-state index contributed by atoms with van der Waals surface area (Å²) in [5.41, 5.74) is 7.38. The molecular weight excluding hydrogens is 386 g/mol. The highest BCUT2D eigenvalue weighted by Crippen LogP contribution is 2.34. The van der Waals surface area contributed by atoms with E-state index >= 15 is 0 Å². The number of ether oxygens (including phenoxy) is 3. The third-order valence-corrected chi connectivity index (χ3v) is 4.90. The van der Waals surface area contributed by atoms with Gasteiger partial charge in [0.15, 0.2) is 18.1 Å². The predicted octanol–water partition coefficient (Wildman–Crippen LogP) is 3.44. The summed E-state index contributed by atoms with van der Waals surface area (Å²) in [6.07, 6.45) is 3.78. The van der Waals surface area contributed by atoms with E-state index in [9.17, 15) is 9.59 Å². The smallest absolute Gasteiger partial charge is 0.255 e. The molecule has 0 spiro atoms. The topological polar surface area (TPSA) is 101 Å². The summed E-state index contributed by atoms with van der Waals surface area (Å²) in [4.78, 5) is 24.3. The van der Waals surface area contributed by atoms with Gasteiger partial charge >= 0.3 is 0 Å². The van der Waals surface area contributed by atoms with Crippen molar-refractivity contribution in [3.05, 3.63) is 52.4 Å². The third kappa shape index (κ3) is 3.96. The second kappa shape index (κ2) is 8.49. The minimum absolute atomic E-state index is 0.149. The van der Waals surface area contributed by atoms with Crippen molar-refractivity contribution in [2.24, 2.45) is 5.73 Å². The van der Waals surface area contributed by atoms with Crippen LogP contribution in [0.1, 0.15) is 25.3 Å². The highest BCUT2D eigenvalue weighted by atomic mass is 16.5. The number of hydrogen-bond acceptors (Lipinski definition) is 6. The quantitative estimate of drug-likeness (QED) is 0.669. The summed E-state index contributed by atoms with van der Waals surface area (Å²) < 4.78 is 22.7. The molecule has 0 bridgehead atoms. The number of primary amides is 1. The SMILES string of the molecule is CCCc1cc2c(=O)c(-c3ccc4c(c3)OCCCO4)coc2cc1OCC(N)=O. The van der Waals surface area contributed by atoms with Crippen molar-refractivity contribution >= 4 is 16.9 Å². The minimum Gasteiger partial charge on any atom is -0.490 e. The number of amides is 1. The zero-order valence-electron chi connectivity index (χ0n) is 16.7. The number of carbonyl (C=O) groups excluding carboxylic acids is 1. The van der Waals surface area contributed by atoms with E-state index in [1.807, 2.05) is 19.1 Å². The number of carbonyl (C=O) groups is 1. The lowest BCUT2D eigenvalue weighted by molar-refractivity contribution is -0.119. The molecule has 7 heteroatoms. The van der Waals surface area contributed by atoms with Crippen molar-refractivity contribution in [3.63, 3.8) is 0 Å². The van der Waals surface area contributed by atoms with Crippen LogP contribution >= 0.6 is 0 Å². The first-order chi connectivity index (χ1) is 14.6. The van der Waals surface area contributed by atoms with Crippen LogP contribution in [0.5, 0.6) is 17.2 Å². The van der Waals surface area contributed by atoms with E-state index in [1.165, 1.54) is 6.26 Å². The van der Waals surface area contributed by atoms with Crippen LogP contribution in [0.15, 0.2) is 45.8 Å². The van der Waals surface area contributed by atoms with Gasteiger partial charge in [0.1, 0.15) is 17.6 Å². The van der Waals surface area contributed by atoms with Crippen LogP contribution in [0, 0.1) is 0 Å². The number of rotatable bonds is 6. The van der Waals surface area contributed by atoms with E-state index in [4.69, 9.17) is 24.4 Å². The van der Waals surface area contributed by atoms with E-state index in [1.54, 1.807) is 18.2 Å². The van der Waals surface area contributed by atoms with Crippen LogP contribution in [0.3, 0.4) is 0 Å².